The van der Waals surface area contributed by atoms with Crippen molar-refractivity contribution in [3.8, 4) is 5.75 Å². The zero-order valence-electron chi connectivity index (χ0n) is 16.1. The molecule has 156 valence electrons. The molecule has 29 heavy (non-hydrogen) atoms. The van der Waals surface area contributed by atoms with Gasteiger partial charge in [0, 0.05) is 22.5 Å². The summed E-state index contributed by atoms with van der Waals surface area (Å²) in [6.07, 6.45) is 0.359. The van der Waals surface area contributed by atoms with Gasteiger partial charge in [-0.05, 0) is 65.8 Å². The molecule has 0 aromatic heterocycles. The van der Waals surface area contributed by atoms with Gasteiger partial charge in [0.05, 0.1) is 24.9 Å². The first kappa shape index (κ1) is 21.9. The number of primary amides is 1. The number of rotatable bonds is 7. The highest BCUT2D eigenvalue weighted by Gasteiger charge is 2.32. The van der Waals surface area contributed by atoms with E-state index in [4.69, 9.17) is 19.9 Å². The quantitative estimate of drug-likeness (QED) is 0.560. The minimum atomic E-state index is -0.762. The molecule has 2 aromatic carbocycles. The third kappa shape index (κ3) is 5.64. The zero-order chi connectivity index (χ0) is 21.2. The smallest absolute Gasteiger partial charge is 0.252 e. The predicted octanol–water partition coefficient (Wildman–Crippen LogP) is 4.18. The lowest BCUT2D eigenvalue weighted by Gasteiger charge is -2.18. The van der Waals surface area contributed by atoms with E-state index in [0.717, 1.165) is 9.64 Å². The van der Waals surface area contributed by atoms with Gasteiger partial charge in [-0.2, -0.15) is 0 Å². The normalized spacial score (nSPS) is 18.0. The number of benzene rings is 2. The Morgan fingerprint density at radius 3 is 2.66 bits per heavy atom. The first-order chi connectivity index (χ1) is 13.6. The molecule has 0 radical (unpaired) electrons. The molecule has 1 saturated heterocycles. The van der Waals surface area contributed by atoms with Crippen molar-refractivity contribution in [3.05, 3.63) is 62.2 Å². The molecular formula is C21H22F2INO4. The van der Waals surface area contributed by atoms with E-state index < -0.39 is 23.3 Å². The van der Waals surface area contributed by atoms with Gasteiger partial charge in [0.25, 0.3) is 5.91 Å². The average Bonchev–Trinajstić information content (AvgIpc) is 2.95. The van der Waals surface area contributed by atoms with Crippen LogP contribution in [0.2, 0.25) is 0 Å². The summed E-state index contributed by atoms with van der Waals surface area (Å²) in [5.74, 6) is -2.39. The predicted molar refractivity (Wildman–Crippen MR) is 112 cm³/mol. The van der Waals surface area contributed by atoms with Crippen LogP contribution in [0.5, 0.6) is 5.75 Å². The Bertz CT molecular complexity index is 920. The lowest BCUT2D eigenvalue weighted by Crippen LogP contribution is -2.22. The zero-order valence-corrected chi connectivity index (χ0v) is 18.3. The number of nitrogens with two attached hydrogens (primary N) is 1. The molecule has 1 aliphatic heterocycles. The molecule has 0 saturated carbocycles. The number of carbonyl (C=O) groups excluding carboxylic acids is 1. The van der Waals surface area contributed by atoms with Crippen molar-refractivity contribution in [2.24, 2.45) is 5.73 Å². The van der Waals surface area contributed by atoms with E-state index in [2.05, 4.69) is 0 Å². The standard InChI is InChI=1S/C21H22F2INO4/c1-21(2)28-11-16(29-21)5-6-27-18-9-14(22)8-13(19(18)20(25)26)7-12-3-4-15(24)10-17(12)23/h3-4,8-10,16H,5-7,11H2,1-2H3,(H2,25,26)/t16-/m0/s1. The van der Waals surface area contributed by atoms with E-state index in [-0.39, 0.29) is 36.0 Å². The largest absolute Gasteiger partial charge is 0.493 e. The molecule has 1 heterocycles. The van der Waals surface area contributed by atoms with Crippen LogP contribution in [0.1, 0.15) is 41.8 Å². The minimum absolute atomic E-state index is 0.0168. The fourth-order valence-electron chi connectivity index (χ4n) is 3.24. The van der Waals surface area contributed by atoms with Gasteiger partial charge in [-0.25, -0.2) is 8.78 Å². The third-order valence-electron chi connectivity index (χ3n) is 4.56. The molecule has 1 fully saturated rings. The van der Waals surface area contributed by atoms with Crippen LogP contribution < -0.4 is 10.5 Å². The van der Waals surface area contributed by atoms with Gasteiger partial charge in [0.1, 0.15) is 17.4 Å². The number of ether oxygens (including phenoxy) is 3. The highest BCUT2D eigenvalue weighted by atomic mass is 127. The van der Waals surface area contributed by atoms with Crippen LogP contribution in [0.3, 0.4) is 0 Å². The molecule has 8 heteroatoms. The molecule has 1 aliphatic rings. The molecule has 3 rings (SSSR count). The number of amides is 1. The van der Waals surface area contributed by atoms with Crippen molar-refractivity contribution >= 4 is 28.5 Å². The molecule has 1 atom stereocenters. The lowest BCUT2D eigenvalue weighted by atomic mass is 9.98. The summed E-state index contributed by atoms with van der Waals surface area (Å²) in [5.41, 5.74) is 6.19. The molecule has 0 spiro atoms. The second kappa shape index (κ2) is 8.93. The Hall–Kier alpha value is -1.78. The van der Waals surface area contributed by atoms with E-state index in [0.29, 0.717) is 18.6 Å². The Morgan fingerprint density at radius 2 is 2.03 bits per heavy atom. The maximum atomic E-state index is 14.2. The van der Waals surface area contributed by atoms with Crippen molar-refractivity contribution in [2.75, 3.05) is 13.2 Å². The van der Waals surface area contributed by atoms with Crippen molar-refractivity contribution in [2.45, 2.75) is 38.6 Å². The second-order valence-corrected chi connectivity index (χ2v) is 8.55. The topological polar surface area (TPSA) is 70.8 Å². The van der Waals surface area contributed by atoms with Gasteiger partial charge in [-0.15, -0.1) is 0 Å². The van der Waals surface area contributed by atoms with Gasteiger partial charge in [-0.3, -0.25) is 4.79 Å². The molecule has 2 N–H and O–H groups in total. The first-order valence-corrected chi connectivity index (χ1v) is 10.2. The molecule has 0 bridgehead atoms. The van der Waals surface area contributed by atoms with Crippen LogP contribution in [0.4, 0.5) is 8.78 Å². The Morgan fingerprint density at radius 1 is 1.28 bits per heavy atom. The van der Waals surface area contributed by atoms with Crippen molar-refractivity contribution < 1.29 is 27.8 Å². The van der Waals surface area contributed by atoms with Gasteiger partial charge < -0.3 is 19.9 Å². The van der Waals surface area contributed by atoms with E-state index in [1.54, 1.807) is 12.1 Å². The van der Waals surface area contributed by atoms with Gasteiger partial charge in [0.2, 0.25) is 0 Å². The van der Waals surface area contributed by atoms with E-state index in [1.165, 1.54) is 12.1 Å². The van der Waals surface area contributed by atoms with Crippen molar-refractivity contribution in [1.29, 1.82) is 0 Å². The number of hydrogen-bond acceptors (Lipinski definition) is 4. The summed E-state index contributed by atoms with van der Waals surface area (Å²) in [5, 5.41) is 0. The number of hydrogen-bond donors (Lipinski definition) is 1. The average molecular weight is 517 g/mol. The maximum Gasteiger partial charge on any atom is 0.252 e. The Balaban J connectivity index is 1.79. The van der Waals surface area contributed by atoms with E-state index in [9.17, 15) is 13.6 Å². The van der Waals surface area contributed by atoms with E-state index >= 15 is 0 Å². The van der Waals surface area contributed by atoms with Crippen LogP contribution in [-0.4, -0.2) is 31.0 Å². The second-order valence-electron chi connectivity index (χ2n) is 7.30. The molecule has 5 nitrogen and oxygen atoms in total. The summed E-state index contributed by atoms with van der Waals surface area (Å²) in [7, 11) is 0. The first-order valence-electron chi connectivity index (χ1n) is 9.15. The van der Waals surface area contributed by atoms with Crippen LogP contribution in [0, 0.1) is 15.2 Å². The fourth-order valence-corrected chi connectivity index (χ4v) is 3.70. The van der Waals surface area contributed by atoms with Crippen LogP contribution in [0.25, 0.3) is 0 Å². The summed E-state index contributed by atoms with van der Waals surface area (Å²) in [4.78, 5) is 12.1. The molecular weight excluding hydrogens is 495 g/mol. The fraction of sp³-hybridized carbons (Fsp3) is 0.381. The SMILES string of the molecule is CC1(C)OC[C@H](CCOc2cc(F)cc(Cc3ccc(I)cc3F)c2C(N)=O)O1. The van der Waals surface area contributed by atoms with Gasteiger partial charge in [-0.1, -0.05) is 6.07 Å². The van der Waals surface area contributed by atoms with E-state index in [1.807, 2.05) is 36.4 Å². The lowest BCUT2D eigenvalue weighted by molar-refractivity contribution is -0.139. The molecule has 0 unspecified atom stereocenters. The molecule has 2 aromatic rings. The van der Waals surface area contributed by atoms with Gasteiger partial charge >= 0.3 is 0 Å². The van der Waals surface area contributed by atoms with Crippen LogP contribution in [-0.2, 0) is 15.9 Å². The van der Waals surface area contributed by atoms with Crippen molar-refractivity contribution in [3.63, 3.8) is 0 Å². The van der Waals surface area contributed by atoms with Crippen LogP contribution >= 0.6 is 22.6 Å². The maximum absolute atomic E-state index is 14.2. The highest BCUT2D eigenvalue weighted by molar-refractivity contribution is 14.1. The number of carbonyl (C=O) groups is 1. The summed E-state index contributed by atoms with van der Waals surface area (Å²) in [6.45, 7) is 4.26. The summed E-state index contributed by atoms with van der Waals surface area (Å²) >= 11 is 2.00. The minimum Gasteiger partial charge on any atom is -0.493 e. The highest BCUT2D eigenvalue weighted by Crippen LogP contribution is 2.29. The molecule has 0 aliphatic carbocycles. The summed E-state index contributed by atoms with van der Waals surface area (Å²) < 4.78 is 46.0. The van der Waals surface area contributed by atoms with Gasteiger partial charge in [0.15, 0.2) is 5.79 Å². The monoisotopic (exact) mass is 517 g/mol. The Labute approximate surface area is 181 Å². The van der Waals surface area contributed by atoms with Crippen LogP contribution in [0.15, 0.2) is 30.3 Å². The summed E-state index contributed by atoms with van der Waals surface area (Å²) in [6, 6.07) is 7.02. The molecule has 1 amide bonds. The third-order valence-corrected chi connectivity index (χ3v) is 5.23. The Kier molecular flexibility index (Phi) is 6.75. The van der Waals surface area contributed by atoms with Crippen molar-refractivity contribution in [1.82, 2.24) is 0 Å². The number of halogens is 3.